The lowest BCUT2D eigenvalue weighted by molar-refractivity contribution is -0.380. The summed E-state index contributed by atoms with van der Waals surface area (Å²) in [4.78, 5) is 10.2. The van der Waals surface area contributed by atoms with Crippen LogP contribution >= 0.6 is 11.3 Å². The van der Waals surface area contributed by atoms with Crippen molar-refractivity contribution in [2.24, 2.45) is 0 Å². The van der Waals surface area contributed by atoms with E-state index in [1.807, 2.05) is 37.3 Å². The van der Waals surface area contributed by atoms with E-state index in [4.69, 9.17) is 0 Å². The van der Waals surface area contributed by atoms with Crippen LogP contribution in [-0.2, 0) is 13.0 Å². The van der Waals surface area contributed by atoms with Gasteiger partial charge in [-0.2, -0.15) is 0 Å². The van der Waals surface area contributed by atoms with Crippen molar-refractivity contribution in [2.75, 3.05) is 0 Å². The van der Waals surface area contributed by atoms with Crippen molar-refractivity contribution in [2.45, 2.75) is 32.0 Å². The van der Waals surface area contributed by atoms with Gasteiger partial charge in [0.2, 0.25) is 0 Å². The largest absolute Gasteiger partial charge is 0.391 e. The number of aliphatic hydroxyl groups excluding tert-OH is 1. The van der Waals surface area contributed by atoms with E-state index in [0.717, 1.165) is 22.5 Å². The molecule has 2 unspecified atom stereocenters. The zero-order valence-corrected chi connectivity index (χ0v) is 12.5. The summed E-state index contributed by atoms with van der Waals surface area (Å²) in [5, 5.41) is 25.9. The molecule has 1 aromatic carbocycles. The Labute approximate surface area is 127 Å². The Kier molecular flexibility index (Phi) is 5.44. The van der Waals surface area contributed by atoms with Gasteiger partial charge in [0.1, 0.15) is 0 Å². The molecule has 0 bridgehead atoms. The second-order valence-electron chi connectivity index (χ2n) is 4.98. The third-order valence-electron chi connectivity index (χ3n) is 3.31. The lowest BCUT2D eigenvalue weighted by atomic mass is 10.0. The maximum atomic E-state index is 10.6. The first-order valence-electron chi connectivity index (χ1n) is 6.73. The molecule has 1 aromatic heterocycles. The first kappa shape index (κ1) is 15.6. The van der Waals surface area contributed by atoms with Crippen molar-refractivity contribution in [3.8, 4) is 0 Å². The number of aliphatic hydroxyl groups is 1. The van der Waals surface area contributed by atoms with Crippen LogP contribution in [0.25, 0.3) is 0 Å². The Balaban J connectivity index is 1.83. The summed E-state index contributed by atoms with van der Waals surface area (Å²) in [6.07, 6.45) is 0.0831. The van der Waals surface area contributed by atoms with Gasteiger partial charge in [0.25, 0.3) is 0 Å². The zero-order chi connectivity index (χ0) is 15.2. The molecule has 0 radical (unpaired) electrons. The molecular weight excluding hydrogens is 288 g/mol. The Morgan fingerprint density at radius 2 is 2.05 bits per heavy atom. The van der Waals surface area contributed by atoms with Crippen LogP contribution < -0.4 is 5.32 Å². The summed E-state index contributed by atoms with van der Waals surface area (Å²) in [5.74, 6) is 0. The minimum absolute atomic E-state index is 0.0934. The second kappa shape index (κ2) is 7.31. The van der Waals surface area contributed by atoms with E-state index in [2.05, 4.69) is 5.32 Å². The molecule has 2 rings (SSSR count). The molecule has 0 saturated heterocycles. The number of hydrogen-bond donors (Lipinski definition) is 2. The molecule has 0 aliphatic rings. The number of rotatable bonds is 7. The lowest BCUT2D eigenvalue weighted by Crippen LogP contribution is -2.38. The predicted octanol–water partition coefficient (Wildman–Crippen LogP) is 2.74. The van der Waals surface area contributed by atoms with E-state index in [9.17, 15) is 15.2 Å². The van der Waals surface area contributed by atoms with Crippen molar-refractivity contribution >= 4 is 16.3 Å². The molecule has 0 spiro atoms. The fourth-order valence-corrected chi connectivity index (χ4v) is 2.73. The third kappa shape index (κ3) is 4.63. The van der Waals surface area contributed by atoms with Crippen LogP contribution in [0, 0.1) is 10.1 Å². The molecule has 2 atom stereocenters. The van der Waals surface area contributed by atoms with E-state index < -0.39 is 6.10 Å². The van der Waals surface area contributed by atoms with Crippen LogP contribution in [0.5, 0.6) is 0 Å². The van der Waals surface area contributed by atoms with E-state index >= 15 is 0 Å². The van der Waals surface area contributed by atoms with Gasteiger partial charge in [-0.1, -0.05) is 41.7 Å². The normalized spacial score (nSPS) is 13.8. The number of nitrogens with zero attached hydrogens (tertiary/aromatic N) is 1. The van der Waals surface area contributed by atoms with Crippen LogP contribution in [-0.4, -0.2) is 22.2 Å². The molecule has 5 nitrogen and oxygen atoms in total. The van der Waals surface area contributed by atoms with Gasteiger partial charge in [-0.3, -0.25) is 10.1 Å². The molecule has 6 heteroatoms. The van der Waals surface area contributed by atoms with Gasteiger partial charge in [0, 0.05) is 24.0 Å². The van der Waals surface area contributed by atoms with Crippen LogP contribution in [0.1, 0.15) is 18.1 Å². The third-order valence-corrected chi connectivity index (χ3v) is 4.24. The molecule has 0 aliphatic heterocycles. The van der Waals surface area contributed by atoms with E-state index in [1.54, 1.807) is 11.4 Å². The number of nitro groups is 1. The van der Waals surface area contributed by atoms with Crippen molar-refractivity contribution in [3.63, 3.8) is 0 Å². The molecular formula is C15H18N2O3S. The van der Waals surface area contributed by atoms with Crippen LogP contribution in [0.2, 0.25) is 0 Å². The number of benzene rings is 1. The number of nitrogens with one attached hydrogen (secondary N) is 1. The number of thiophene rings is 1. The van der Waals surface area contributed by atoms with Gasteiger partial charge < -0.3 is 10.4 Å². The Hall–Kier alpha value is -1.76. The first-order valence-corrected chi connectivity index (χ1v) is 7.61. The van der Waals surface area contributed by atoms with Crippen LogP contribution in [0.4, 0.5) is 5.00 Å². The minimum Gasteiger partial charge on any atom is -0.391 e. The Bertz CT molecular complexity index is 586. The summed E-state index contributed by atoms with van der Waals surface area (Å²) in [6, 6.07) is 11.3. The lowest BCUT2D eigenvalue weighted by Gasteiger charge is -2.20. The summed E-state index contributed by atoms with van der Waals surface area (Å²) >= 11 is 1.12. The SMILES string of the molecule is CC(NCc1csc([N+](=O)[O-])c1)C(O)Cc1ccccc1. The van der Waals surface area contributed by atoms with Gasteiger partial charge in [-0.25, -0.2) is 0 Å². The smallest absolute Gasteiger partial charge is 0.324 e. The maximum Gasteiger partial charge on any atom is 0.324 e. The van der Waals surface area contributed by atoms with Crippen molar-refractivity contribution in [3.05, 3.63) is 63.0 Å². The van der Waals surface area contributed by atoms with Crippen molar-refractivity contribution in [1.29, 1.82) is 0 Å². The molecule has 2 aromatic rings. The zero-order valence-electron chi connectivity index (χ0n) is 11.7. The van der Waals surface area contributed by atoms with Gasteiger partial charge >= 0.3 is 5.00 Å². The molecule has 0 amide bonds. The molecule has 112 valence electrons. The summed E-state index contributed by atoms with van der Waals surface area (Å²) in [5.41, 5.74) is 1.95. The predicted molar refractivity (Wildman–Crippen MR) is 83.4 cm³/mol. The van der Waals surface area contributed by atoms with E-state index in [-0.39, 0.29) is 16.0 Å². The highest BCUT2D eigenvalue weighted by Gasteiger charge is 2.15. The average Bonchev–Trinajstić information content (AvgIpc) is 2.95. The average molecular weight is 306 g/mol. The molecule has 2 N–H and O–H groups in total. The van der Waals surface area contributed by atoms with Crippen LogP contribution in [0.15, 0.2) is 41.8 Å². The summed E-state index contributed by atoms with van der Waals surface area (Å²) in [7, 11) is 0. The Morgan fingerprint density at radius 1 is 1.33 bits per heavy atom. The van der Waals surface area contributed by atoms with Crippen molar-refractivity contribution in [1.82, 2.24) is 5.32 Å². The van der Waals surface area contributed by atoms with Gasteiger partial charge in [-0.15, -0.1) is 0 Å². The van der Waals surface area contributed by atoms with Gasteiger partial charge in [0.15, 0.2) is 0 Å². The molecule has 1 heterocycles. The summed E-state index contributed by atoms with van der Waals surface area (Å²) in [6.45, 7) is 2.42. The molecule has 0 fully saturated rings. The van der Waals surface area contributed by atoms with Crippen LogP contribution in [0.3, 0.4) is 0 Å². The highest BCUT2D eigenvalue weighted by atomic mass is 32.1. The second-order valence-corrected chi connectivity index (χ2v) is 5.87. The highest BCUT2D eigenvalue weighted by molar-refractivity contribution is 7.13. The monoisotopic (exact) mass is 306 g/mol. The number of hydrogen-bond acceptors (Lipinski definition) is 5. The van der Waals surface area contributed by atoms with E-state index in [1.165, 1.54) is 0 Å². The molecule has 21 heavy (non-hydrogen) atoms. The highest BCUT2D eigenvalue weighted by Crippen LogP contribution is 2.22. The Morgan fingerprint density at radius 3 is 2.67 bits per heavy atom. The first-order chi connectivity index (χ1) is 10.1. The fraction of sp³-hybridized carbons (Fsp3) is 0.333. The summed E-state index contributed by atoms with van der Waals surface area (Å²) < 4.78 is 0. The topological polar surface area (TPSA) is 75.4 Å². The molecule has 0 aliphatic carbocycles. The molecule has 0 saturated carbocycles. The van der Waals surface area contributed by atoms with E-state index in [0.29, 0.717) is 13.0 Å². The fourth-order valence-electron chi connectivity index (χ4n) is 2.00. The maximum absolute atomic E-state index is 10.6. The van der Waals surface area contributed by atoms with Gasteiger partial charge in [-0.05, 0) is 24.5 Å². The quantitative estimate of drug-likeness (QED) is 0.609. The standard InChI is InChI=1S/C15H18N2O3S/c1-11(14(18)7-12-5-3-2-4-6-12)16-9-13-8-15(17(19)20)21-10-13/h2-6,8,10-11,14,16,18H,7,9H2,1H3. The van der Waals surface area contributed by atoms with Gasteiger partial charge in [0.05, 0.1) is 11.0 Å². The minimum atomic E-state index is -0.499. The van der Waals surface area contributed by atoms with Crippen molar-refractivity contribution < 1.29 is 10.0 Å².